The molecule has 0 bridgehead atoms. The lowest BCUT2D eigenvalue weighted by atomic mass is 10.1. The molecule has 1 N–H and O–H groups in total. The van der Waals surface area contributed by atoms with Crippen LogP contribution in [0.25, 0.3) is 0 Å². The van der Waals surface area contributed by atoms with Crippen LogP contribution in [0, 0.1) is 6.92 Å². The van der Waals surface area contributed by atoms with E-state index in [4.69, 9.17) is 0 Å². The fraction of sp³-hybridized carbons (Fsp3) is 0.750. The van der Waals surface area contributed by atoms with Gasteiger partial charge in [0.1, 0.15) is 9.84 Å². The highest BCUT2D eigenvalue weighted by Crippen LogP contribution is 2.24. The molecule has 0 radical (unpaired) electrons. The molecule has 0 amide bonds. The lowest BCUT2D eigenvalue weighted by Crippen LogP contribution is -2.22. The summed E-state index contributed by atoms with van der Waals surface area (Å²) in [5, 5.41) is 4.51. The van der Waals surface area contributed by atoms with E-state index in [1.807, 2.05) is 13.1 Å². The summed E-state index contributed by atoms with van der Waals surface area (Å²) in [6, 6.07) is 0.234. The molecular formula is C12H22N2O2S2. The number of aromatic nitrogens is 1. The lowest BCUT2D eigenvalue weighted by molar-refractivity contribution is 0.498. The van der Waals surface area contributed by atoms with Gasteiger partial charge in [-0.05, 0) is 32.7 Å². The predicted molar refractivity (Wildman–Crippen MR) is 76.8 cm³/mol. The van der Waals surface area contributed by atoms with Crippen LogP contribution in [0.5, 0.6) is 0 Å². The monoisotopic (exact) mass is 290 g/mol. The second-order valence-electron chi connectivity index (χ2n) is 4.56. The molecule has 1 heterocycles. The van der Waals surface area contributed by atoms with Crippen LogP contribution in [0.15, 0.2) is 6.20 Å². The molecule has 6 heteroatoms. The summed E-state index contributed by atoms with van der Waals surface area (Å²) < 4.78 is 22.3. The Hall–Kier alpha value is -0.460. The number of nitrogens with zero attached hydrogens (tertiary/aromatic N) is 1. The van der Waals surface area contributed by atoms with Crippen LogP contribution in [0.1, 0.15) is 42.1 Å². The molecule has 1 unspecified atom stereocenters. The Morgan fingerprint density at radius 2 is 2.22 bits per heavy atom. The van der Waals surface area contributed by atoms with E-state index in [1.54, 1.807) is 11.3 Å². The van der Waals surface area contributed by atoms with Gasteiger partial charge in [0.2, 0.25) is 0 Å². The number of aryl methyl sites for hydroxylation is 1. The maximum Gasteiger partial charge on any atom is 0.147 e. The molecule has 4 nitrogen and oxygen atoms in total. The number of nitrogens with one attached hydrogen (secondary N) is 1. The number of thiazole rings is 1. The number of hydrogen-bond acceptors (Lipinski definition) is 5. The van der Waals surface area contributed by atoms with E-state index < -0.39 is 9.84 Å². The standard InChI is InChI=1S/C12H22N2O2S2/c1-4-7-13-11(6-5-8-18(3,15)16)12-9-14-10(2)17-12/h9,11,13H,4-8H2,1-3H3. The minimum Gasteiger partial charge on any atom is -0.309 e. The number of rotatable bonds is 8. The number of hydrogen-bond donors (Lipinski definition) is 1. The van der Waals surface area contributed by atoms with Gasteiger partial charge in [0.05, 0.1) is 5.01 Å². The van der Waals surface area contributed by atoms with Crippen LogP contribution in [-0.2, 0) is 9.84 Å². The normalized spacial score (nSPS) is 13.7. The fourth-order valence-corrected chi connectivity index (χ4v) is 3.34. The van der Waals surface area contributed by atoms with Gasteiger partial charge in [0.25, 0.3) is 0 Å². The molecule has 1 atom stereocenters. The van der Waals surface area contributed by atoms with Crippen molar-refractivity contribution < 1.29 is 8.42 Å². The van der Waals surface area contributed by atoms with E-state index in [2.05, 4.69) is 17.2 Å². The van der Waals surface area contributed by atoms with Gasteiger partial charge in [-0.2, -0.15) is 0 Å². The minimum atomic E-state index is -2.86. The Labute approximate surface area is 114 Å². The first-order valence-corrected chi connectivity index (χ1v) is 9.13. The van der Waals surface area contributed by atoms with Crippen LogP contribution in [0.3, 0.4) is 0 Å². The van der Waals surface area contributed by atoms with Crippen molar-refractivity contribution in [2.45, 2.75) is 39.2 Å². The second kappa shape index (κ2) is 7.21. The van der Waals surface area contributed by atoms with Crippen LogP contribution in [0.4, 0.5) is 0 Å². The van der Waals surface area contributed by atoms with Gasteiger partial charge in [0.15, 0.2) is 0 Å². The number of sulfone groups is 1. The summed E-state index contributed by atoms with van der Waals surface area (Å²) in [7, 11) is -2.86. The molecule has 104 valence electrons. The van der Waals surface area contributed by atoms with Crippen LogP contribution >= 0.6 is 11.3 Å². The highest BCUT2D eigenvalue weighted by molar-refractivity contribution is 7.90. The SMILES string of the molecule is CCCNC(CCCS(C)(=O)=O)c1cnc(C)s1. The maximum absolute atomic E-state index is 11.1. The molecule has 1 aromatic heterocycles. The molecule has 0 aromatic carbocycles. The van der Waals surface area contributed by atoms with E-state index >= 15 is 0 Å². The topological polar surface area (TPSA) is 59.1 Å². The van der Waals surface area contributed by atoms with E-state index in [1.165, 1.54) is 11.1 Å². The highest BCUT2D eigenvalue weighted by Gasteiger charge is 2.14. The Kier molecular flexibility index (Phi) is 6.25. The zero-order chi connectivity index (χ0) is 13.6. The summed E-state index contributed by atoms with van der Waals surface area (Å²) in [5.74, 6) is 0.259. The minimum absolute atomic E-state index is 0.234. The molecule has 0 aliphatic rings. The molecule has 0 aliphatic carbocycles. The van der Waals surface area contributed by atoms with Gasteiger partial charge in [-0.3, -0.25) is 0 Å². The Bertz CT molecular complexity index is 454. The van der Waals surface area contributed by atoms with Crippen LogP contribution in [0.2, 0.25) is 0 Å². The lowest BCUT2D eigenvalue weighted by Gasteiger charge is -2.16. The zero-order valence-electron chi connectivity index (χ0n) is 11.3. The van der Waals surface area contributed by atoms with Crippen molar-refractivity contribution in [2.75, 3.05) is 18.6 Å². The third-order valence-corrected chi connectivity index (χ3v) is 4.69. The summed E-state index contributed by atoms with van der Waals surface area (Å²) in [6.07, 6.45) is 5.79. The van der Waals surface area contributed by atoms with E-state index in [-0.39, 0.29) is 11.8 Å². The van der Waals surface area contributed by atoms with E-state index in [0.717, 1.165) is 24.4 Å². The Morgan fingerprint density at radius 3 is 2.72 bits per heavy atom. The van der Waals surface area contributed by atoms with Gasteiger partial charge in [0, 0.05) is 29.1 Å². The highest BCUT2D eigenvalue weighted by atomic mass is 32.2. The molecule has 18 heavy (non-hydrogen) atoms. The summed E-state index contributed by atoms with van der Waals surface area (Å²) >= 11 is 1.68. The third-order valence-electron chi connectivity index (χ3n) is 2.63. The molecular weight excluding hydrogens is 268 g/mol. The zero-order valence-corrected chi connectivity index (χ0v) is 12.9. The van der Waals surface area contributed by atoms with Gasteiger partial charge in [-0.25, -0.2) is 13.4 Å². The summed E-state index contributed by atoms with van der Waals surface area (Å²) in [6.45, 7) is 5.06. The molecule has 1 aromatic rings. The molecule has 0 spiro atoms. The largest absolute Gasteiger partial charge is 0.309 e. The first-order valence-electron chi connectivity index (χ1n) is 6.26. The van der Waals surface area contributed by atoms with E-state index in [9.17, 15) is 8.42 Å². The molecule has 0 aliphatic heterocycles. The molecule has 0 saturated heterocycles. The van der Waals surface area contributed by atoms with Crippen molar-refractivity contribution in [3.63, 3.8) is 0 Å². The van der Waals surface area contributed by atoms with Gasteiger partial charge >= 0.3 is 0 Å². The predicted octanol–water partition coefficient (Wildman–Crippen LogP) is 2.32. The molecule has 0 saturated carbocycles. The second-order valence-corrected chi connectivity index (χ2v) is 8.09. The first-order chi connectivity index (χ1) is 8.42. The third kappa shape index (κ3) is 5.93. The Balaban J connectivity index is 2.56. The van der Waals surface area contributed by atoms with Gasteiger partial charge < -0.3 is 5.32 Å². The smallest absolute Gasteiger partial charge is 0.147 e. The average molecular weight is 290 g/mol. The van der Waals surface area contributed by atoms with Gasteiger partial charge in [-0.15, -0.1) is 11.3 Å². The Morgan fingerprint density at radius 1 is 1.50 bits per heavy atom. The van der Waals surface area contributed by atoms with Gasteiger partial charge in [-0.1, -0.05) is 6.92 Å². The van der Waals surface area contributed by atoms with Crippen LogP contribution < -0.4 is 5.32 Å². The first kappa shape index (κ1) is 15.6. The average Bonchev–Trinajstić information content (AvgIpc) is 2.68. The van der Waals surface area contributed by atoms with E-state index in [0.29, 0.717) is 6.42 Å². The molecule has 1 rings (SSSR count). The quantitative estimate of drug-likeness (QED) is 0.798. The maximum atomic E-state index is 11.1. The van der Waals surface area contributed by atoms with Crippen LogP contribution in [-0.4, -0.2) is 32.0 Å². The van der Waals surface area contributed by atoms with Crippen molar-refractivity contribution in [2.24, 2.45) is 0 Å². The van der Waals surface area contributed by atoms with Crippen molar-refractivity contribution in [1.29, 1.82) is 0 Å². The van der Waals surface area contributed by atoms with Crippen molar-refractivity contribution in [3.8, 4) is 0 Å². The van der Waals surface area contributed by atoms with Crippen molar-refractivity contribution in [3.05, 3.63) is 16.1 Å². The summed E-state index contributed by atoms with van der Waals surface area (Å²) in [5.41, 5.74) is 0. The van der Waals surface area contributed by atoms with Crippen molar-refractivity contribution in [1.82, 2.24) is 10.3 Å². The summed E-state index contributed by atoms with van der Waals surface area (Å²) in [4.78, 5) is 5.47. The molecule has 0 fully saturated rings. The van der Waals surface area contributed by atoms with Crippen molar-refractivity contribution >= 4 is 21.2 Å². The fourth-order valence-electron chi connectivity index (χ4n) is 1.75.